The van der Waals surface area contributed by atoms with Crippen LogP contribution in [0, 0.1) is 11.3 Å². The zero-order chi connectivity index (χ0) is 18.4. The largest absolute Gasteiger partial charge is 0.311 e. The van der Waals surface area contributed by atoms with Crippen molar-refractivity contribution >= 4 is 27.3 Å². The molecule has 0 bridgehead atoms. The van der Waals surface area contributed by atoms with Crippen LogP contribution < -0.4 is 9.21 Å². The van der Waals surface area contributed by atoms with Gasteiger partial charge in [-0.25, -0.2) is 8.42 Å². The van der Waals surface area contributed by atoms with E-state index in [1.165, 1.54) is 17.0 Å². The normalized spacial score (nSPS) is 10.8. The molecule has 25 heavy (non-hydrogen) atoms. The first kappa shape index (κ1) is 18.5. The van der Waals surface area contributed by atoms with Crippen LogP contribution in [-0.4, -0.2) is 33.7 Å². The van der Waals surface area contributed by atoms with Crippen molar-refractivity contribution < 1.29 is 13.2 Å². The molecule has 1 amide bonds. The Morgan fingerprint density at radius 2 is 1.68 bits per heavy atom. The summed E-state index contributed by atoms with van der Waals surface area (Å²) in [6, 6.07) is 17.3. The van der Waals surface area contributed by atoms with Gasteiger partial charge in [0.05, 0.1) is 17.5 Å². The van der Waals surface area contributed by atoms with Crippen molar-refractivity contribution in [1.82, 2.24) is 0 Å². The Hall–Kier alpha value is -2.85. The van der Waals surface area contributed by atoms with Gasteiger partial charge >= 0.3 is 0 Å². The Morgan fingerprint density at radius 1 is 1.08 bits per heavy atom. The third-order valence-corrected chi connectivity index (χ3v) is 4.78. The molecule has 0 aromatic heterocycles. The van der Waals surface area contributed by atoms with Crippen LogP contribution in [0.4, 0.5) is 11.4 Å². The molecule has 7 heteroatoms. The summed E-state index contributed by atoms with van der Waals surface area (Å²) in [6.07, 6.45) is 1.02. The summed E-state index contributed by atoms with van der Waals surface area (Å²) in [5.41, 5.74) is 1.09. The number of para-hydroxylation sites is 2. The van der Waals surface area contributed by atoms with E-state index in [0.717, 1.165) is 10.6 Å². The molecule has 0 saturated heterocycles. The lowest BCUT2D eigenvalue weighted by Gasteiger charge is -2.27. The number of likely N-dealkylation sites (N-methyl/N-ethyl adjacent to an activating group) is 1. The molecule has 0 unspecified atom stereocenters. The first-order valence-electron chi connectivity index (χ1n) is 7.70. The number of nitriles is 1. The predicted octanol–water partition coefficient (Wildman–Crippen LogP) is 2.38. The summed E-state index contributed by atoms with van der Waals surface area (Å²) in [5, 5.41) is 9.23. The van der Waals surface area contributed by atoms with Gasteiger partial charge in [0.25, 0.3) is 0 Å². The average Bonchev–Trinajstić information content (AvgIpc) is 2.60. The van der Waals surface area contributed by atoms with Crippen molar-refractivity contribution in [3.63, 3.8) is 0 Å². The Bertz CT molecular complexity index is 889. The lowest BCUT2D eigenvalue weighted by Crippen LogP contribution is -2.43. The minimum atomic E-state index is -3.73. The van der Waals surface area contributed by atoms with E-state index in [1.807, 2.05) is 31.2 Å². The van der Waals surface area contributed by atoms with Crippen LogP contribution in [0.1, 0.15) is 12.5 Å². The van der Waals surface area contributed by atoms with Crippen LogP contribution in [0.3, 0.4) is 0 Å². The van der Waals surface area contributed by atoms with Gasteiger partial charge in [-0.2, -0.15) is 5.26 Å². The quantitative estimate of drug-likeness (QED) is 0.795. The first-order chi connectivity index (χ1) is 11.9. The van der Waals surface area contributed by atoms with E-state index >= 15 is 0 Å². The highest BCUT2D eigenvalue weighted by Crippen LogP contribution is 2.23. The summed E-state index contributed by atoms with van der Waals surface area (Å²) in [6.45, 7) is 1.85. The number of rotatable bonds is 6. The molecule has 0 atom stereocenters. The molecule has 6 nitrogen and oxygen atoms in total. The first-order valence-corrected chi connectivity index (χ1v) is 9.55. The second-order valence-electron chi connectivity index (χ2n) is 5.37. The molecule has 2 aromatic carbocycles. The van der Waals surface area contributed by atoms with E-state index in [9.17, 15) is 18.5 Å². The van der Waals surface area contributed by atoms with E-state index < -0.39 is 10.0 Å². The number of sulfonamides is 1. The van der Waals surface area contributed by atoms with E-state index in [2.05, 4.69) is 0 Å². The number of nitrogens with zero attached hydrogens (tertiary/aromatic N) is 3. The highest BCUT2D eigenvalue weighted by molar-refractivity contribution is 7.92. The molecule has 0 heterocycles. The van der Waals surface area contributed by atoms with Crippen molar-refractivity contribution in [3.8, 4) is 6.07 Å². The van der Waals surface area contributed by atoms with E-state index in [1.54, 1.807) is 24.3 Å². The number of benzene rings is 2. The van der Waals surface area contributed by atoms with Crippen LogP contribution >= 0.6 is 0 Å². The zero-order valence-electron chi connectivity index (χ0n) is 14.1. The standard InChI is InChI=1S/C18H19N3O3S/c1-3-20(16-10-5-4-6-11-16)18(22)14-21(25(2,23)24)17-12-8-7-9-15(17)13-19/h4-12H,3,14H2,1-2H3. The van der Waals surface area contributed by atoms with E-state index in [4.69, 9.17) is 0 Å². The van der Waals surface area contributed by atoms with Gasteiger partial charge in [-0.3, -0.25) is 9.10 Å². The molecule has 0 fully saturated rings. The summed E-state index contributed by atoms with van der Waals surface area (Å²) < 4.78 is 25.4. The number of hydrogen-bond acceptors (Lipinski definition) is 4. The minimum absolute atomic E-state index is 0.198. The minimum Gasteiger partial charge on any atom is -0.311 e. The summed E-state index contributed by atoms with van der Waals surface area (Å²) in [5.74, 6) is -0.369. The highest BCUT2D eigenvalue weighted by atomic mass is 32.2. The fraction of sp³-hybridized carbons (Fsp3) is 0.222. The molecule has 0 N–H and O–H groups in total. The Kier molecular flexibility index (Phi) is 5.78. The lowest BCUT2D eigenvalue weighted by molar-refractivity contribution is -0.117. The van der Waals surface area contributed by atoms with Crippen molar-refractivity contribution in [2.75, 3.05) is 28.6 Å². The van der Waals surface area contributed by atoms with Crippen LogP contribution in [0.5, 0.6) is 0 Å². The number of anilines is 2. The van der Waals surface area contributed by atoms with Gasteiger partial charge in [0, 0.05) is 12.2 Å². The zero-order valence-corrected chi connectivity index (χ0v) is 14.9. The lowest BCUT2D eigenvalue weighted by atomic mass is 10.2. The van der Waals surface area contributed by atoms with Gasteiger partial charge in [0.2, 0.25) is 15.9 Å². The van der Waals surface area contributed by atoms with E-state index in [-0.39, 0.29) is 23.7 Å². The third kappa shape index (κ3) is 4.37. The number of hydrogen-bond donors (Lipinski definition) is 0. The monoisotopic (exact) mass is 357 g/mol. The maximum atomic E-state index is 12.7. The summed E-state index contributed by atoms with van der Waals surface area (Å²) in [4.78, 5) is 14.2. The van der Waals surface area contributed by atoms with Gasteiger partial charge < -0.3 is 4.90 Å². The number of carbonyl (C=O) groups excluding carboxylic acids is 1. The van der Waals surface area contributed by atoms with Crippen LogP contribution in [0.25, 0.3) is 0 Å². The van der Waals surface area contributed by atoms with Gasteiger partial charge in [-0.1, -0.05) is 30.3 Å². The summed E-state index contributed by atoms with van der Waals surface area (Å²) >= 11 is 0. The smallest absolute Gasteiger partial charge is 0.247 e. The second kappa shape index (κ2) is 7.81. The van der Waals surface area contributed by atoms with Gasteiger partial charge in [-0.05, 0) is 31.2 Å². The maximum Gasteiger partial charge on any atom is 0.247 e. The van der Waals surface area contributed by atoms with Crippen molar-refractivity contribution in [3.05, 3.63) is 60.2 Å². The van der Waals surface area contributed by atoms with E-state index in [0.29, 0.717) is 12.2 Å². The molecule has 0 aliphatic heterocycles. The van der Waals surface area contributed by atoms with Gasteiger partial charge in [0.1, 0.15) is 12.6 Å². The molecule has 130 valence electrons. The third-order valence-electron chi connectivity index (χ3n) is 3.66. The maximum absolute atomic E-state index is 12.7. The number of amides is 1. The van der Waals surface area contributed by atoms with Crippen LogP contribution in [-0.2, 0) is 14.8 Å². The van der Waals surface area contributed by atoms with Crippen molar-refractivity contribution in [1.29, 1.82) is 5.26 Å². The van der Waals surface area contributed by atoms with Crippen LogP contribution in [0.15, 0.2) is 54.6 Å². The van der Waals surface area contributed by atoms with Crippen LogP contribution in [0.2, 0.25) is 0 Å². The second-order valence-corrected chi connectivity index (χ2v) is 7.28. The molecule has 2 aromatic rings. The predicted molar refractivity (Wildman–Crippen MR) is 97.8 cm³/mol. The molecular formula is C18H19N3O3S. The molecule has 0 spiro atoms. The van der Waals surface area contributed by atoms with Gasteiger partial charge in [0.15, 0.2) is 0 Å². The van der Waals surface area contributed by atoms with Crippen molar-refractivity contribution in [2.45, 2.75) is 6.92 Å². The topological polar surface area (TPSA) is 81.5 Å². The SMILES string of the molecule is CCN(C(=O)CN(c1ccccc1C#N)S(C)(=O)=O)c1ccccc1. The molecule has 0 radical (unpaired) electrons. The Balaban J connectivity index is 2.38. The average molecular weight is 357 g/mol. The highest BCUT2D eigenvalue weighted by Gasteiger charge is 2.25. The summed E-state index contributed by atoms with van der Waals surface area (Å²) in [7, 11) is -3.73. The Morgan fingerprint density at radius 3 is 2.24 bits per heavy atom. The fourth-order valence-corrected chi connectivity index (χ4v) is 3.35. The molecule has 2 rings (SSSR count). The molecule has 0 aliphatic carbocycles. The number of carbonyl (C=O) groups is 1. The molecule has 0 aliphatic rings. The fourth-order valence-electron chi connectivity index (χ4n) is 2.49. The molecular weight excluding hydrogens is 338 g/mol. The molecule has 0 saturated carbocycles. The van der Waals surface area contributed by atoms with Crippen molar-refractivity contribution in [2.24, 2.45) is 0 Å². The Labute approximate surface area is 148 Å². The van der Waals surface area contributed by atoms with Gasteiger partial charge in [-0.15, -0.1) is 0 Å².